The van der Waals surface area contributed by atoms with E-state index >= 15 is 0 Å². The van der Waals surface area contributed by atoms with Crippen molar-refractivity contribution >= 4 is 11.6 Å². The number of aryl methyl sites for hydroxylation is 2. The first-order valence-corrected chi connectivity index (χ1v) is 7.48. The van der Waals surface area contributed by atoms with Crippen LogP contribution in [-0.4, -0.2) is 26.4 Å². The molecule has 1 N–H and O–H groups in total. The van der Waals surface area contributed by atoms with Crippen molar-refractivity contribution in [3.63, 3.8) is 0 Å². The number of nitrogens with zero attached hydrogens (tertiary/aromatic N) is 4. The Morgan fingerprint density at radius 1 is 1.17 bits per heavy atom. The van der Waals surface area contributed by atoms with Crippen molar-refractivity contribution in [2.75, 3.05) is 11.9 Å². The summed E-state index contributed by atoms with van der Waals surface area (Å²) in [7, 11) is 1.87. The van der Waals surface area contributed by atoms with Crippen molar-refractivity contribution in [3.8, 4) is 17.0 Å². The summed E-state index contributed by atoms with van der Waals surface area (Å²) in [6, 6.07) is 7.92. The van der Waals surface area contributed by atoms with E-state index in [1.165, 1.54) is 0 Å². The molecule has 0 bridgehead atoms. The molecule has 0 aliphatic carbocycles. The molecule has 0 unspecified atom stereocenters. The molecule has 2 aromatic heterocycles. The van der Waals surface area contributed by atoms with E-state index in [2.05, 4.69) is 20.4 Å². The highest BCUT2D eigenvalue weighted by atomic mass is 16.5. The van der Waals surface area contributed by atoms with Crippen LogP contribution >= 0.6 is 0 Å². The summed E-state index contributed by atoms with van der Waals surface area (Å²) in [6.45, 7) is 4.63. The fourth-order valence-corrected chi connectivity index (χ4v) is 2.29. The number of ether oxygens (including phenoxy) is 1. The third kappa shape index (κ3) is 3.48. The Hall–Kier alpha value is -2.89. The van der Waals surface area contributed by atoms with Gasteiger partial charge in [0.25, 0.3) is 0 Å². The van der Waals surface area contributed by atoms with Crippen molar-refractivity contribution in [1.82, 2.24) is 19.7 Å². The number of hydrogen-bond acceptors (Lipinski definition) is 5. The second kappa shape index (κ2) is 6.48. The van der Waals surface area contributed by atoms with E-state index in [0.717, 1.165) is 28.3 Å². The van der Waals surface area contributed by atoms with Crippen molar-refractivity contribution < 1.29 is 4.74 Å². The largest absolute Gasteiger partial charge is 0.494 e. The molecular formula is C17H19N5O. The maximum Gasteiger partial charge on any atom is 0.227 e. The van der Waals surface area contributed by atoms with Gasteiger partial charge in [0.1, 0.15) is 5.75 Å². The lowest BCUT2D eigenvalue weighted by Gasteiger charge is -2.09. The summed E-state index contributed by atoms with van der Waals surface area (Å²) in [5.74, 6) is 1.41. The van der Waals surface area contributed by atoms with Crippen LogP contribution < -0.4 is 10.1 Å². The lowest BCUT2D eigenvalue weighted by atomic mass is 10.1. The first-order chi connectivity index (χ1) is 11.2. The van der Waals surface area contributed by atoms with E-state index in [9.17, 15) is 0 Å². The molecule has 0 fully saturated rings. The molecule has 0 spiro atoms. The van der Waals surface area contributed by atoms with Crippen molar-refractivity contribution in [2.24, 2.45) is 7.05 Å². The molecule has 0 aliphatic heterocycles. The van der Waals surface area contributed by atoms with Crippen LogP contribution in [0.3, 0.4) is 0 Å². The molecule has 1 aromatic carbocycles. The molecule has 0 radical (unpaired) electrons. The van der Waals surface area contributed by atoms with Crippen LogP contribution in [0, 0.1) is 6.92 Å². The summed E-state index contributed by atoms with van der Waals surface area (Å²) in [5.41, 5.74) is 3.80. The summed E-state index contributed by atoms with van der Waals surface area (Å²) in [6.07, 6.45) is 5.43. The highest BCUT2D eigenvalue weighted by Crippen LogP contribution is 2.25. The van der Waals surface area contributed by atoms with Gasteiger partial charge in [0.05, 0.1) is 24.2 Å². The molecular weight excluding hydrogens is 290 g/mol. The Labute approximate surface area is 135 Å². The van der Waals surface area contributed by atoms with Gasteiger partial charge < -0.3 is 10.1 Å². The maximum atomic E-state index is 5.48. The zero-order valence-electron chi connectivity index (χ0n) is 13.4. The zero-order chi connectivity index (χ0) is 16.2. The van der Waals surface area contributed by atoms with Crippen LogP contribution in [0.15, 0.2) is 42.9 Å². The van der Waals surface area contributed by atoms with Crippen molar-refractivity contribution in [2.45, 2.75) is 13.8 Å². The smallest absolute Gasteiger partial charge is 0.227 e. The minimum atomic E-state index is 0.549. The van der Waals surface area contributed by atoms with Gasteiger partial charge in [-0.05, 0) is 43.7 Å². The van der Waals surface area contributed by atoms with Crippen LogP contribution in [0.25, 0.3) is 11.3 Å². The number of nitrogens with one attached hydrogen (secondary N) is 1. The lowest BCUT2D eigenvalue weighted by molar-refractivity contribution is 0.340. The maximum absolute atomic E-state index is 5.48. The Kier molecular flexibility index (Phi) is 4.23. The molecule has 0 amide bonds. The van der Waals surface area contributed by atoms with E-state index in [1.807, 2.05) is 57.6 Å². The fourth-order valence-electron chi connectivity index (χ4n) is 2.29. The Bertz CT molecular complexity index is 795. The predicted octanol–water partition coefficient (Wildman–Crippen LogP) is 3.33. The summed E-state index contributed by atoms with van der Waals surface area (Å²) in [4.78, 5) is 8.95. The highest BCUT2D eigenvalue weighted by Gasteiger charge is 2.08. The van der Waals surface area contributed by atoms with Gasteiger partial charge in [-0.1, -0.05) is 0 Å². The molecule has 6 heteroatoms. The highest BCUT2D eigenvalue weighted by molar-refractivity contribution is 5.65. The van der Waals surface area contributed by atoms with E-state index < -0.39 is 0 Å². The Morgan fingerprint density at radius 3 is 2.61 bits per heavy atom. The summed E-state index contributed by atoms with van der Waals surface area (Å²) >= 11 is 0. The topological polar surface area (TPSA) is 64.9 Å². The van der Waals surface area contributed by atoms with Gasteiger partial charge in [-0.2, -0.15) is 5.10 Å². The van der Waals surface area contributed by atoms with E-state index in [1.54, 1.807) is 10.9 Å². The fraction of sp³-hybridized carbons (Fsp3) is 0.235. The zero-order valence-corrected chi connectivity index (χ0v) is 13.4. The second-order valence-electron chi connectivity index (χ2n) is 5.21. The molecule has 3 aromatic rings. The molecule has 118 valence electrons. The predicted molar refractivity (Wildman–Crippen MR) is 89.9 cm³/mol. The first-order valence-electron chi connectivity index (χ1n) is 7.48. The Morgan fingerprint density at radius 2 is 1.96 bits per heavy atom. The number of aromatic nitrogens is 4. The van der Waals surface area contributed by atoms with Crippen LogP contribution in [0.2, 0.25) is 0 Å². The Balaban J connectivity index is 1.87. The van der Waals surface area contributed by atoms with Crippen LogP contribution in [0.1, 0.15) is 12.5 Å². The lowest BCUT2D eigenvalue weighted by Crippen LogP contribution is -1.99. The van der Waals surface area contributed by atoms with Gasteiger partial charge in [-0.25, -0.2) is 9.97 Å². The number of benzene rings is 1. The molecule has 0 saturated heterocycles. The quantitative estimate of drug-likeness (QED) is 0.783. The molecule has 0 atom stereocenters. The van der Waals surface area contributed by atoms with E-state index in [-0.39, 0.29) is 0 Å². The van der Waals surface area contributed by atoms with Gasteiger partial charge >= 0.3 is 0 Å². The van der Waals surface area contributed by atoms with Gasteiger partial charge in [-0.15, -0.1) is 0 Å². The first kappa shape index (κ1) is 15.0. The summed E-state index contributed by atoms with van der Waals surface area (Å²) in [5, 5.41) is 7.29. The molecule has 23 heavy (non-hydrogen) atoms. The monoisotopic (exact) mass is 309 g/mol. The minimum Gasteiger partial charge on any atom is -0.494 e. The van der Waals surface area contributed by atoms with E-state index in [4.69, 9.17) is 4.74 Å². The second-order valence-corrected chi connectivity index (χ2v) is 5.21. The van der Waals surface area contributed by atoms with Crippen molar-refractivity contribution in [3.05, 3.63) is 48.4 Å². The number of rotatable bonds is 5. The number of hydrogen-bond donors (Lipinski definition) is 1. The van der Waals surface area contributed by atoms with Gasteiger partial charge in [0.15, 0.2) is 0 Å². The average Bonchev–Trinajstić information content (AvgIpc) is 2.95. The van der Waals surface area contributed by atoms with Gasteiger partial charge in [0, 0.05) is 25.0 Å². The molecule has 3 rings (SSSR count). The van der Waals surface area contributed by atoms with Gasteiger partial charge in [0.2, 0.25) is 5.95 Å². The average molecular weight is 309 g/mol. The van der Waals surface area contributed by atoms with Crippen molar-refractivity contribution in [1.29, 1.82) is 0 Å². The SMILES string of the molecule is CCOc1ccc(-c2nc(Nc3cnn(C)c3)ncc2C)cc1. The van der Waals surface area contributed by atoms with Gasteiger partial charge in [-0.3, -0.25) is 4.68 Å². The van der Waals surface area contributed by atoms with Crippen LogP contribution in [-0.2, 0) is 7.05 Å². The molecule has 6 nitrogen and oxygen atoms in total. The summed E-state index contributed by atoms with van der Waals surface area (Å²) < 4.78 is 7.20. The number of anilines is 2. The third-order valence-corrected chi connectivity index (χ3v) is 3.37. The van der Waals surface area contributed by atoms with Crippen LogP contribution in [0.4, 0.5) is 11.6 Å². The van der Waals surface area contributed by atoms with E-state index in [0.29, 0.717) is 12.6 Å². The molecule has 0 aliphatic rings. The normalized spacial score (nSPS) is 10.6. The standard InChI is InChI=1S/C17H19N5O/c1-4-23-15-7-5-13(6-8-15)16-12(2)9-18-17(21-16)20-14-10-19-22(3)11-14/h5-11H,4H2,1-3H3,(H,18,20,21). The third-order valence-electron chi connectivity index (χ3n) is 3.37. The minimum absolute atomic E-state index is 0.549. The van der Waals surface area contributed by atoms with Crippen LogP contribution in [0.5, 0.6) is 5.75 Å². The molecule has 0 saturated carbocycles. The molecule has 2 heterocycles.